The van der Waals surface area contributed by atoms with E-state index in [1.54, 1.807) is 36.4 Å². The molecule has 1 fully saturated rings. The van der Waals surface area contributed by atoms with Crippen LogP contribution in [0.1, 0.15) is 20.7 Å². The lowest BCUT2D eigenvalue weighted by Crippen LogP contribution is -2.49. The van der Waals surface area contributed by atoms with Gasteiger partial charge in [-0.1, -0.05) is 39.7 Å². The molecule has 0 radical (unpaired) electrons. The maximum Gasteiger partial charge on any atom is 0.261 e. The van der Waals surface area contributed by atoms with E-state index in [-0.39, 0.29) is 11.0 Å². The lowest BCUT2D eigenvalue weighted by molar-refractivity contribution is 0.0746. The van der Waals surface area contributed by atoms with Crippen molar-refractivity contribution < 1.29 is 14.3 Å². The number of nitrogens with zero attached hydrogens (tertiary/aromatic N) is 2. The molecule has 7 nitrogen and oxygen atoms in total. The molecular formula is C26H23Br2ClN4O3S. The second-order valence-electron chi connectivity index (χ2n) is 8.18. The zero-order chi connectivity index (χ0) is 26.5. The van der Waals surface area contributed by atoms with Crippen molar-refractivity contribution in [2.75, 3.05) is 43.5 Å². The number of ether oxygens (including phenoxy) is 1. The van der Waals surface area contributed by atoms with Crippen LogP contribution in [0.15, 0.2) is 69.6 Å². The number of rotatable bonds is 5. The highest BCUT2D eigenvalue weighted by molar-refractivity contribution is 9.11. The molecule has 2 amide bonds. The van der Waals surface area contributed by atoms with E-state index in [9.17, 15) is 9.59 Å². The number of amides is 2. The van der Waals surface area contributed by atoms with Crippen molar-refractivity contribution >= 4 is 84.0 Å². The van der Waals surface area contributed by atoms with E-state index >= 15 is 0 Å². The number of hydrogen-bond donors (Lipinski definition) is 2. The van der Waals surface area contributed by atoms with Gasteiger partial charge in [0.05, 0.1) is 28.5 Å². The van der Waals surface area contributed by atoms with Gasteiger partial charge >= 0.3 is 0 Å². The standard InChI is InChI=1S/C26H23Br2ClN4O3S/c1-36-23-19(14-17(27)15-20(23)28)24(34)31-26(37)30-21-4-2-3-5-22(21)32-10-12-33(13-11-32)25(35)16-6-8-18(29)9-7-16/h2-9,14-15H,10-13H2,1H3,(H2,30,31,34,37). The Kier molecular flexibility index (Phi) is 9.07. The van der Waals surface area contributed by atoms with Gasteiger partial charge in [0.25, 0.3) is 11.8 Å². The van der Waals surface area contributed by atoms with Crippen molar-refractivity contribution in [3.8, 4) is 5.75 Å². The van der Waals surface area contributed by atoms with Gasteiger partial charge in [-0.15, -0.1) is 0 Å². The summed E-state index contributed by atoms with van der Waals surface area (Å²) in [5.74, 6) is -0.000642. The van der Waals surface area contributed by atoms with Gasteiger partial charge in [0.15, 0.2) is 5.11 Å². The van der Waals surface area contributed by atoms with Crippen LogP contribution in [0.5, 0.6) is 5.75 Å². The highest BCUT2D eigenvalue weighted by Gasteiger charge is 2.24. The molecule has 3 aromatic carbocycles. The monoisotopic (exact) mass is 664 g/mol. The number of thiocarbonyl (C=S) groups is 1. The number of anilines is 2. The number of benzene rings is 3. The molecule has 1 saturated heterocycles. The smallest absolute Gasteiger partial charge is 0.261 e. The number of halogens is 3. The van der Waals surface area contributed by atoms with Crippen molar-refractivity contribution in [3.05, 3.63) is 85.8 Å². The number of carbonyl (C=O) groups is 2. The maximum absolute atomic E-state index is 12.9. The summed E-state index contributed by atoms with van der Waals surface area (Å²) >= 11 is 18.2. The molecule has 0 spiro atoms. The minimum absolute atomic E-state index is 0.0127. The molecule has 192 valence electrons. The van der Waals surface area contributed by atoms with Crippen molar-refractivity contribution in [1.82, 2.24) is 10.2 Å². The fourth-order valence-electron chi connectivity index (χ4n) is 4.04. The molecule has 1 aliphatic heterocycles. The molecule has 0 saturated carbocycles. The maximum atomic E-state index is 12.9. The molecule has 2 N–H and O–H groups in total. The molecular weight excluding hydrogens is 644 g/mol. The van der Waals surface area contributed by atoms with Gasteiger partial charge in [0.1, 0.15) is 5.75 Å². The van der Waals surface area contributed by atoms with E-state index in [0.29, 0.717) is 52.6 Å². The Bertz CT molecular complexity index is 1330. The molecule has 0 unspecified atom stereocenters. The third-order valence-electron chi connectivity index (χ3n) is 5.84. The van der Waals surface area contributed by atoms with Crippen molar-refractivity contribution in [2.24, 2.45) is 0 Å². The van der Waals surface area contributed by atoms with Crippen LogP contribution in [0.2, 0.25) is 5.02 Å². The van der Waals surface area contributed by atoms with Gasteiger partial charge in [-0.2, -0.15) is 0 Å². The lowest BCUT2D eigenvalue weighted by Gasteiger charge is -2.37. The Morgan fingerprint density at radius 2 is 1.68 bits per heavy atom. The second-order valence-corrected chi connectivity index (χ2v) is 10.8. The highest BCUT2D eigenvalue weighted by atomic mass is 79.9. The van der Waals surface area contributed by atoms with E-state index in [0.717, 1.165) is 15.8 Å². The minimum atomic E-state index is -0.400. The van der Waals surface area contributed by atoms with E-state index in [1.807, 2.05) is 29.2 Å². The molecule has 4 rings (SSSR count). The molecule has 1 heterocycles. The van der Waals surface area contributed by atoms with Gasteiger partial charge in [0.2, 0.25) is 0 Å². The van der Waals surface area contributed by atoms with Crippen molar-refractivity contribution in [1.29, 1.82) is 0 Å². The lowest BCUT2D eigenvalue weighted by atomic mass is 10.1. The van der Waals surface area contributed by atoms with Crippen molar-refractivity contribution in [2.45, 2.75) is 0 Å². The highest BCUT2D eigenvalue weighted by Crippen LogP contribution is 2.33. The number of hydrogen-bond acceptors (Lipinski definition) is 5. The molecule has 0 atom stereocenters. The van der Waals surface area contributed by atoms with Crippen LogP contribution in [0.25, 0.3) is 0 Å². The van der Waals surface area contributed by atoms with Gasteiger partial charge < -0.3 is 19.9 Å². The molecule has 0 aliphatic carbocycles. The van der Waals surface area contributed by atoms with Crippen LogP contribution < -0.4 is 20.3 Å². The van der Waals surface area contributed by atoms with Gasteiger partial charge in [-0.25, -0.2) is 0 Å². The van der Waals surface area contributed by atoms with E-state index in [2.05, 4.69) is 47.4 Å². The molecule has 0 aromatic heterocycles. The normalized spacial score (nSPS) is 13.2. The van der Waals surface area contributed by atoms with Crippen molar-refractivity contribution in [3.63, 3.8) is 0 Å². The van der Waals surface area contributed by atoms with Crippen LogP contribution in [0.3, 0.4) is 0 Å². The Morgan fingerprint density at radius 1 is 1.00 bits per heavy atom. The Labute approximate surface area is 242 Å². The largest absolute Gasteiger partial charge is 0.495 e. The van der Waals surface area contributed by atoms with E-state index in [4.69, 9.17) is 28.6 Å². The summed E-state index contributed by atoms with van der Waals surface area (Å²) in [6.45, 7) is 2.46. The average Bonchev–Trinajstić information content (AvgIpc) is 2.88. The summed E-state index contributed by atoms with van der Waals surface area (Å²) in [4.78, 5) is 29.8. The SMILES string of the molecule is COc1c(Br)cc(Br)cc1C(=O)NC(=S)Nc1ccccc1N1CCN(C(=O)c2ccc(Cl)cc2)CC1. The quantitative estimate of drug-likeness (QED) is 0.328. The molecule has 11 heteroatoms. The number of carbonyl (C=O) groups excluding carboxylic acids is 2. The first kappa shape index (κ1) is 27.4. The first-order valence-electron chi connectivity index (χ1n) is 11.3. The molecule has 37 heavy (non-hydrogen) atoms. The third kappa shape index (κ3) is 6.62. The number of methoxy groups -OCH3 is 1. The van der Waals surface area contributed by atoms with E-state index < -0.39 is 5.91 Å². The first-order chi connectivity index (χ1) is 17.8. The molecule has 3 aromatic rings. The summed E-state index contributed by atoms with van der Waals surface area (Å²) in [7, 11) is 1.50. The van der Waals surface area contributed by atoms with Crippen LogP contribution in [-0.2, 0) is 0 Å². The Morgan fingerprint density at radius 3 is 2.35 bits per heavy atom. The van der Waals surface area contributed by atoms with Gasteiger partial charge in [-0.05, 0) is 76.7 Å². The first-order valence-corrected chi connectivity index (χ1v) is 13.7. The van der Waals surface area contributed by atoms with E-state index in [1.165, 1.54) is 7.11 Å². The van der Waals surface area contributed by atoms with Gasteiger partial charge in [-0.3, -0.25) is 14.9 Å². The van der Waals surface area contributed by atoms with Crippen LogP contribution in [0, 0.1) is 0 Å². The third-order valence-corrected chi connectivity index (χ3v) is 7.34. The summed E-state index contributed by atoms with van der Waals surface area (Å²) in [5.41, 5.74) is 2.64. The number of nitrogens with one attached hydrogen (secondary N) is 2. The van der Waals surface area contributed by atoms with Crippen LogP contribution in [-0.4, -0.2) is 55.1 Å². The summed E-state index contributed by atoms with van der Waals surface area (Å²) < 4.78 is 6.75. The second kappa shape index (κ2) is 12.3. The fourth-order valence-corrected chi connectivity index (χ4v) is 5.76. The van der Waals surface area contributed by atoms with Gasteiger partial charge in [0, 0.05) is 41.2 Å². The summed E-state index contributed by atoms with van der Waals surface area (Å²) in [6.07, 6.45) is 0. The Balaban J connectivity index is 1.41. The fraction of sp³-hybridized carbons (Fsp3) is 0.192. The van der Waals surface area contributed by atoms with Crippen LogP contribution >= 0.6 is 55.7 Å². The Hall–Kier alpha value is -2.66. The predicted molar refractivity (Wildman–Crippen MR) is 158 cm³/mol. The zero-order valence-corrected chi connectivity index (χ0v) is 24.5. The zero-order valence-electron chi connectivity index (χ0n) is 19.8. The molecule has 1 aliphatic rings. The minimum Gasteiger partial charge on any atom is -0.495 e. The molecule has 0 bridgehead atoms. The topological polar surface area (TPSA) is 73.9 Å². The number of para-hydroxylation sites is 2. The number of piperazine rings is 1. The summed E-state index contributed by atoms with van der Waals surface area (Å²) in [6, 6.07) is 18.1. The van der Waals surface area contributed by atoms with Crippen LogP contribution in [0.4, 0.5) is 11.4 Å². The average molecular weight is 667 g/mol. The predicted octanol–water partition coefficient (Wildman–Crippen LogP) is 5.96. The summed E-state index contributed by atoms with van der Waals surface area (Å²) in [5, 5.41) is 6.63.